The molecule has 1 amide bonds. The van der Waals surface area contributed by atoms with Gasteiger partial charge in [0.2, 0.25) is 5.91 Å². The minimum atomic E-state index is -0.245. The fraction of sp³-hybridized carbons (Fsp3) is 0.250. The van der Waals surface area contributed by atoms with Crippen molar-refractivity contribution < 1.29 is 4.79 Å². The van der Waals surface area contributed by atoms with Crippen molar-refractivity contribution >= 4 is 34.4 Å². The Hall–Kier alpha value is -3.39. The maximum absolute atomic E-state index is 13.3. The number of aromatic nitrogens is 4. The van der Waals surface area contributed by atoms with E-state index in [1.54, 1.807) is 15.4 Å². The second-order valence-electron chi connectivity index (χ2n) is 8.13. The number of fused-ring (bicyclic) bond motifs is 2. The van der Waals surface area contributed by atoms with Crippen molar-refractivity contribution in [2.24, 2.45) is 0 Å². The fourth-order valence-electron chi connectivity index (χ4n) is 4.17. The van der Waals surface area contributed by atoms with Crippen LogP contribution in [0.15, 0.2) is 58.6 Å². The molecule has 0 bridgehead atoms. The van der Waals surface area contributed by atoms with Crippen LogP contribution in [0.4, 0.5) is 5.69 Å². The Bertz CT molecular complexity index is 1400. The van der Waals surface area contributed by atoms with E-state index in [1.807, 2.05) is 63.2 Å². The number of rotatable bonds is 4. The molecule has 32 heavy (non-hydrogen) atoms. The van der Waals surface area contributed by atoms with E-state index in [0.29, 0.717) is 21.9 Å². The van der Waals surface area contributed by atoms with Gasteiger partial charge in [0.25, 0.3) is 5.56 Å². The number of thioether (sulfide) groups is 1. The van der Waals surface area contributed by atoms with Gasteiger partial charge in [0.05, 0.1) is 17.9 Å². The van der Waals surface area contributed by atoms with E-state index in [-0.39, 0.29) is 23.9 Å². The van der Waals surface area contributed by atoms with Crippen molar-refractivity contribution in [1.82, 2.24) is 19.3 Å². The number of carbonyl (C=O) groups is 1. The van der Waals surface area contributed by atoms with Crippen molar-refractivity contribution in [3.8, 4) is 5.69 Å². The second-order valence-corrected chi connectivity index (χ2v) is 9.12. The maximum atomic E-state index is 13.3. The highest BCUT2D eigenvalue weighted by Crippen LogP contribution is 2.34. The van der Waals surface area contributed by atoms with Crippen LogP contribution >= 0.6 is 11.8 Å². The summed E-state index contributed by atoms with van der Waals surface area (Å²) in [6.45, 7) is 5.95. The highest BCUT2D eigenvalue weighted by Gasteiger charge is 2.30. The van der Waals surface area contributed by atoms with Crippen LogP contribution in [0.5, 0.6) is 0 Å². The molecule has 0 saturated heterocycles. The van der Waals surface area contributed by atoms with E-state index >= 15 is 0 Å². The Morgan fingerprint density at radius 3 is 2.56 bits per heavy atom. The van der Waals surface area contributed by atoms with Gasteiger partial charge in [0, 0.05) is 17.9 Å². The zero-order valence-electron chi connectivity index (χ0n) is 18.1. The van der Waals surface area contributed by atoms with E-state index in [0.717, 1.165) is 28.1 Å². The number of nitrogens with zero attached hydrogens (tertiary/aromatic N) is 4. The molecule has 2 aromatic heterocycles. The number of hydrogen-bond donors (Lipinski definition) is 1. The fourth-order valence-corrected chi connectivity index (χ4v) is 5.30. The molecule has 2 aromatic carbocycles. The van der Waals surface area contributed by atoms with Gasteiger partial charge in [-0.1, -0.05) is 48.2 Å². The van der Waals surface area contributed by atoms with Gasteiger partial charge < -0.3 is 5.32 Å². The number of hydrogen-bond acceptors (Lipinski definition) is 5. The Morgan fingerprint density at radius 1 is 1.09 bits per heavy atom. The standard InChI is InChI=1S/C24H23N5O2S/c1-14-7-4-5-10-19(14)29-22-18(12-25-29)23(31)28-17(13-32-24(28)27-22)11-20(30)26-21-15(2)8-6-9-16(21)3/h4-10,12,17H,11,13H2,1-3H3,(H,26,30). The minimum Gasteiger partial charge on any atom is -0.326 e. The van der Waals surface area contributed by atoms with E-state index in [4.69, 9.17) is 4.98 Å². The summed E-state index contributed by atoms with van der Waals surface area (Å²) < 4.78 is 3.37. The Balaban J connectivity index is 1.47. The first-order chi connectivity index (χ1) is 15.4. The van der Waals surface area contributed by atoms with Crippen LogP contribution in [0, 0.1) is 20.8 Å². The molecule has 7 nitrogen and oxygen atoms in total. The minimum absolute atomic E-state index is 0.108. The average molecular weight is 446 g/mol. The molecule has 1 N–H and O–H groups in total. The number of para-hydroxylation sites is 2. The van der Waals surface area contributed by atoms with Gasteiger partial charge in [-0.25, -0.2) is 9.67 Å². The second kappa shape index (κ2) is 7.94. The smallest absolute Gasteiger partial charge is 0.265 e. The highest BCUT2D eigenvalue weighted by molar-refractivity contribution is 7.99. The van der Waals surface area contributed by atoms with E-state index in [1.165, 1.54) is 11.8 Å². The Morgan fingerprint density at radius 2 is 1.81 bits per heavy atom. The summed E-state index contributed by atoms with van der Waals surface area (Å²) in [6.07, 6.45) is 1.79. The quantitative estimate of drug-likeness (QED) is 0.477. The molecule has 1 atom stereocenters. The number of anilines is 1. The lowest BCUT2D eigenvalue weighted by atomic mass is 10.1. The predicted octanol–water partition coefficient (Wildman–Crippen LogP) is 4.18. The first-order valence-electron chi connectivity index (χ1n) is 10.5. The van der Waals surface area contributed by atoms with Crippen LogP contribution in [-0.4, -0.2) is 31.0 Å². The van der Waals surface area contributed by atoms with Crippen LogP contribution in [-0.2, 0) is 4.79 Å². The third-order valence-electron chi connectivity index (χ3n) is 5.88. The largest absolute Gasteiger partial charge is 0.326 e. The summed E-state index contributed by atoms with van der Waals surface area (Å²) in [6, 6.07) is 13.5. The highest BCUT2D eigenvalue weighted by atomic mass is 32.2. The molecule has 0 aliphatic carbocycles. The van der Waals surface area contributed by atoms with Gasteiger partial charge in [0.15, 0.2) is 10.8 Å². The molecule has 0 saturated carbocycles. The monoisotopic (exact) mass is 445 g/mol. The summed E-state index contributed by atoms with van der Waals surface area (Å²) in [5.41, 5.74) is 5.21. The first kappa shape index (κ1) is 20.5. The lowest BCUT2D eigenvalue weighted by Crippen LogP contribution is -2.28. The number of nitrogens with one attached hydrogen (secondary N) is 1. The zero-order chi connectivity index (χ0) is 22.4. The Kier molecular flexibility index (Phi) is 5.09. The van der Waals surface area contributed by atoms with Crippen molar-refractivity contribution in [2.75, 3.05) is 11.1 Å². The third-order valence-corrected chi connectivity index (χ3v) is 6.98. The zero-order valence-corrected chi connectivity index (χ0v) is 18.9. The summed E-state index contributed by atoms with van der Waals surface area (Å²) in [5.74, 6) is 0.524. The van der Waals surface area contributed by atoms with Gasteiger partial charge in [-0.15, -0.1) is 0 Å². The molecule has 3 heterocycles. The van der Waals surface area contributed by atoms with Crippen LogP contribution in [0.2, 0.25) is 0 Å². The van der Waals surface area contributed by atoms with Crippen LogP contribution < -0.4 is 10.9 Å². The molecule has 0 fully saturated rings. The summed E-state index contributed by atoms with van der Waals surface area (Å²) in [5, 5.41) is 8.55. The van der Waals surface area contributed by atoms with Gasteiger partial charge >= 0.3 is 0 Å². The lowest BCUT2D eigenvalue weighted by molar-refractivity contribution is -0.116. The van der Waals surface area contributed by atoms with E-state index in [9.17, 15) is 9.59 Å². The molecule has 4 aromatic rings. The number of benzene rings is 2. The summed E-state index contributed by atoms with van der Waals surface area (Å²) >= 11 is 1.50. The average Bonchev–Trinajstić information content (AvgIpc) is 3.36. The van der Waals surface area contributed by atoms with Crippen molar-refractivity contribution in [2.45, 2.75) is 38.4 Å². The van der Waals surface area contributed by atoms with Gasteiger partial charge in [-0.3, -0.25) is 14.2 Å². The van der Waals surface area contributed by atoms with Crippen LogP contribution in [0.3, 0.4) is 0 Å². The third kappa shape index (κ3) is 3.40. The molecule has 1 aliphatic rings. The molecular weight excluding hydrogens is 422 g/mol. The van der Waals surface area contributed by atoms with Crippen LogP contribution in [0.1, 0.15) is 29.2 Å². The number of amides is 1. The predicted molar refractivity (Wildman–Crippen MR) is 127 cm³/mol. The molecule has 8 heteroatoms. The molecular formula is C24H23N5O2S. The topological polar surface area (TPSA) is 81.8 Å². The van der Waals surface area contributed by atoms with Gasteiger partial charge in [-0.05, 0) is 43.5 Å². The number of aryl methyl sites for hydroxylation is 3. The van der Waals surface area contributed by atoms with E-state index in [2.05, 4.69) is 10.4 Å². The normalized spacial score (nSPS) is 15.2. The van der Waals surface area contributed by atoms with E-state index < -0.39 is 0 Å². The molecule has 1 aliphatic heterocycles. The van der Waals surface area contributed by atoms with Crippen LogP contribution in [0.25, 0.3) is 16.7 Å². The molecule has 5 rings (SSSR count). The Labute approximate surface area is 189 Å². The van der Waals surface area contributed by atoms with Gasteiger partial charge in [-0.2, -0.15) is 5.10 Å². The summed E-state index contributed by atoms with van der Waals surface area (Å²) in [7, 11) is 0. The number of carbonyl (C=O) groups excluding carboxylic acids is 1. The molecule has 162 valence electrons. The lowest BCUT2D eigenvalue weighted by Gasteiger charge is -2.15. The van der Waals surface area contributed by atoms with Gasteiger partial charge in [0.1, 0.15) is 5.39 Å². The van der Waals surface area contributed by atoms with Crippen molar-refractivity contribution in [3.63, 3.8) is 0 Å². The summed E-state index contributed by atoms with van der Waals surface area (Å²) in [4.78, 5) is 30.9. The first-order valence-corrected chi connectivity index (χ1v) is 11.5. The molecule has 0 radical (unpaired) electrons. The molecule has 0 spiro atoms. The van der Waals surface area contributed by atoms with Crippen molar-refractivity contribution in [3.05, 3.63) is 75.7 Å². The van der Waals surface area contributed by atoms with Crippen molar-refractivity contribution in [1.29, 1.82) is 0 Å². The maximum Gasteiger partial charge on any atom is 0.265 e. The SMILES string of the molecule is Cc1ccccc1-n1ncc2c(=O)n3c(nc21)SCC3CC(=O)Nc1c(C)cccc1C. The molecule has 1 unspecified atom stereocenters.